The van der Waals surface area contributed by atoms with Crippen molar-refractivity contribution in [2.24, 2.45) is 5.92 Å². The van der Waals surface area contributed by atoms with Gasteiger partial charge in [-0.15, -0.1) is 11.8 Å². The van der Waals surface area contributed by atoms with Crippen LogP contribution in [-0.2, 0) is 6.54 Å². The van der Waals surface area contributed by atoms with E-state index < -0.39 is 0 Å². The van der Waals surface area contributed by atoms with Crippen LogP contribution < -0.4 is 5.32 Å². The van der Waals surface area contributed by atoms with E-state index in [1.807, 2.05) is 18.8 Å². The molecule has 0 saturated heterocycles. The van der Waals surface area contributed by atoms with Gasteiger partial charge in [-0.05, 0) is 43.5 Å². The van der Waals surface area contributed by atoms with E-state index >= 15 is 0 Å². The molecule has 1 aromatic rings. The van der Waals surface area contributed by atoms with E-state index in [1.54, 1.807) is 0 Å². The van der Waals surface area contributed by atoms with E-state index in [4.69, 9.17) is 0 Å². The predicted octanol–water partition coefficient (Wildman–Crippen LogP) is 4.45. The Morgan fingerprint density at radius 3 is 2.76 bits per heavy atom. The van der Waals surface area contributed by atoms with Crippen molar-refractivity contribution >= 4 is 27.7 Å². The van der Waals surface area contributed by atoms with E-state index in [-0.39, 0.29) is 0 Å². The van der Waals surface area contributed by atoms with Crippen molar-refractivity contribution in [1.82, 2.24) is 5.32 Å². The topological polar surface area (TPSA) is 12.0 Å². The molecular weight excluding hydrogens is 294 g/mol. The predicted molar refractivity (Wildman–Crippen MR) is 79.6 cm³/mol. The average molecular weight is 314 g/mol. The largest absolute Gasteiger partial charge is 0.316 e. The van der Waals surface area contributed by atoms with Crippen LogP contribution in [0.25, 0.3) is 0 Å². The highest BCUT2D eigenvalue weighted by molar-refractivity contribution is 9.10. The summed E-state index contributed by atoms with van der Waals surface area (Å²) in [5, 5.41) is 3.18. The minimum atomic E-state index is 0.925. The first kappa shape index (κ1) is 13.4. The third kappa shape index (κ3) is 4.01. The van der Waals surface area contributed by atoms with Gasteiger partial charge >= 0.3 is 0 Å². The summed E-state index contributed by atoms with van der Waals surface area (Å²) in [7, 11) is 1.98. The normalized spacial score (nSPS) is 16.6. The van der Waals surface area contributed by atoms with Gasteiger partial charge in [-0.1, -0.05) is 34.8 Å². The number of halogens is 1. The van der Waals surface area contributed by atoms with Crippen LogP contribution >= 0.6 is 27.7 Å². The fourth-order valence-electron chi connectivity index (χ4n) is 2.34. The lowest BCUT2D eigenvalue weighted by Crippen LogP contribution is -2.05. The molecule has 2 rings (SSSR count). The maximum atomic E-state index is 3.65. The molecule has 0 aromatic heterocycles. The second-order valence-corrected chi connectivity index (χ2v) is 6.69. The standard InChI is InChI=1S/C14H20BrNS/c1-16-9-12-6-7-13(8-14(12)15)17-10-11-4-2-3-5-11/h6-8,11,16H,2-5,9-10H2,1H3. The molecule has 1 N–H and O–H groups in total. The molecule has 0 spiro atoms. The van der Waals surface area contributed by atoms with Gasteiger partial charge in [0.1, 0.15) is 0 Å². The smallest absolute Gasteiger partial charge is 0.0231 e. The zero-order valence-electron chi connectivity index (χ0n) is 10.3. The molecule has 1 fully saturated rings. The Balaban J connectivity index is 1.90. The number of hydrogen-bond acceptors (Lipinski definition) is 2. The molecule has 0 amide bonds. The zero-order chi connectivity index (χ0) is 12.1. The minimum absolute atomic E-state index is 0.925. The van der Waals surface area contributed by atoms with E-state index in [0.717, 1.165) is 12.5 Å². The molecule has 0 atom stereocenters. The van der Waals surface area contributed by atoms with Gasteiger partial charge < -0.3 is 5.32 Å². The van der Waals surface area contributed by atoms with Gasteiger partial charge in [0.25, 0.3) is 0 Å². The summed E-state index contributed by atoms with van der Waals surface area (Å²) >= 11 is 5.66. The Bertz CT molecular complexity index is 361. The van der Waals surface area contributed by atoms with Crippen molar-refractivity contribution < 1.29 is 0 Å². The number of rotatable bonds is 5. The summed E-state index contributed by atoms with van der Waals surface area (Å²) in [6.45, 7) is 0.925. The monoisotopic (exact) mass is 313 g/mol. The van der Waals surface area contributed by atoms with Crippen molar-refractivity contribution in [3.05, 3.63) is 28.2 Å². The van der Waals surface area contributed by atoms with Crippen LogP contribution in [0.1, 0.15) is 31.2 Å². The molecule has 1 aliphatic carbocycles. The second kappa shape index (κ2) is 6.81. The number of hydrogen-bond donors (Lipinski definition) is 1. The minimum Gasteiger partial charge on any atom is -0.316 e. The van der Waals surface area contributed by atoms with E-state index in [1.165, 1.54) is 46.4 Å². The SMILES string of the molecule is CNCc1ccc(SCC2CCCC2)cc1Br. The summed E-state index contributed by atoms with van der Waals surface area (Å²) in [6, 6.07) is 6.72. The Morgan fingerprint density at radius 2 is 2.12 bits per heavy atom. The number of thioether (sulfide) groups is 1. The van der Waals surface area contributed by atoms with Crippen LogP contribution in [0, 0.1) is 5.92 Å². The third-order valence-electron chi connectivity index (χ3n) is 3.35. The van der Waals surface area contributed by atoms with Crippen LogP contribution in [0.5, 0.6) is 0 Å². The van der Waals surface area contributed by atoms with Crippen molar-refractivity contribution in [3.63, 3.8) is 0 Å². The first-order valence-corrected chi connectivity index (χ1v) is 8.13. The molecule has 0 heterocycles. The van der Waals surface area contributed by atoms with Gasteiger partial charge in [0.15, 0.2) is 0 Å². The highest BCUT2D eigenvalue weighted by Gasteiger charge is 2.15. The lowest BCUT2D eigenvalue weighted by atomic mass is 10.1. The fourth-order valence-corrected chi connectivity index (χ4v) is 4.14. The highest BCUT2D eigenvalue weighted by atomic mass is 79.9. The van der Waals surface area contributed by atoms with Crippen LogP contribution in [0.2, 0.25) is 0 Å². The maximum Gasteiger partial charge on any atom is 0.0231 e. The fraction of sp³-hybridized carbons (Fsp3) is 0.571. The Labute approximate surface area is 117 Å². The van der Waals surface area contributed by atoms with Crippen LogP contribution in [0.3, 0.4) is 0 Å². The molecule has 3 heteroatoms. The van der Waals surface area contributed by atoms with Crippen LogP contribution in [0.15, 0.2) is 27.6 Å². The van der Waals surface area contributed by atoms with E-state index in [0.29, 0.717) is 0 Å². The summed E-state index contributed by atoms with van der Waals surface area (Å²) < 4.78 is 1.23. The number of benzene rings is 1. The molecule has 0 radical (unpaired) electrons. The van der Waals surface area contributed by atoms with E-state index in [2.05, 4.69) is 39.4 Å². The quantitative estimate of drug-likeness (QED) is 0.806. The molecule has 0 bridgehead atoms. The average Bonchev–Trinajstić information content (AvgIpc) is 2.83. The summed E-state index contributed by atoms with van der Waals surface area (Å²) in [5.74, 6) is 2.24. The molecule has 1 aliphatic rings. The van der Waals surface area contributed by atoms with Crippen molar-refractivity contribution in [1.29, 1.82) is 0 Å². The highest BCUT2D eigenvalue weighted by Crippen LogP contribution is 2.32. The van der Waals surface area contributed by atoms with Gasteiger partial charge in [0.05, 0.1) is 0 Å². The molecule has 0 unspecified atom stereocenters. The molecule has 1 aromatic carbocycles. The summed E-state index contributed by atoms with van der Waals surface area (Å²) in [6.07, 6.45) is 5.75. The molecule has 0 aliphatic heterocycles. The molecule has 94 valence electrons. The van der Waals surface area contributed by atoms with Gasteiger partial charge in [-0.3, -0.25) is 0 Å². The van der Waals surface area contributed by atoms with Crippen LogP contribution in [0.4, 0.5) is 0 Å². The molecule has 1 saturated carbocycles. The van der Waals surface area contributed by atoms with Crippen molar-refractivity contribution in [2.75, 3.05) is 12.8 Å². The number of nitrogens with one attached hydrogen (secondary N) is 1. The Kier molecular flexibility index (Phi) is 5.39. The Morgan fingerprint density at radius 1 is 1.35 bits per heavy atom. The zero-order valence-corrected chi connectivity index (χ0v) is 12.7. The van der Waals surface area contributed by atoms with Gasteiger partial charge in [-0.2, -0.15) is 0 Å². The lowest BCUT2D eigenvalue weighted by molar-refractivity contribution is 0.623. The first-order valence-electron chi connectivity index (χ1n) is 6.35. The molecular formula is C14H20BrNS. The lowest BCUT2D eigenvalue weighted by Gasteiger charge is -2.10. The van der Waals surface area contributed by atoms with Gasteiger partial charge in [0, 0.05) is 21.7 Å². The van der Waals surface area contributed by atoms with Crippen LogP contribution in [-0.4, -0.2) is 12.8 Å². The third-order valence-corrected chi connectivity index (χ3v) is 5.32. The van der Waals surface area contributed by atoms with Crippen molar-refractivity contribution in [3.8, 4) is 0 Å². The summed E-state index contributed by atoms with van der Waals surface area (Å²) in [4.78, 5) is 1.39. The molecule has 17 heavy (non-hydrogen) atoms. The van der Waals surface area contributed by atoms with Gasteiger partial charge in [0.2, 0.25) is 0 Å². The van der Waals surface area contributed by atoms with Crippen molar-refractivity contribution in [2.45, 2.75) is 37.1 Å². The summed E-state index contributed by atoms with van der Waals surface area (Å²) in [5.41, 5.74) is 1.33. The van der Waals surface area contributed by atoms with Gasteiger partial charge in [-0.25, -0.2) is 0 Å². The maximum absolute atomic E-state index is 3.65. The molecule has 1 nitrogen and oxygen atoms in total. The van der Waals surface area contributed by atoms with E-state index in [9.17, 15) is 0 Å². The Hall–Kier alpha value is 0.01000. The second-order valence-electron chi connectivity index (χ2n) is 4.75. The first-order chi connectivity index (χ1) is 8.29.